The minimum atomic E-state index is -1.18. The van der Waals surface area contributed by atoms with Crippen molar-refractivity contribution >= 4 is 11.9 Å². The maximum atomic E-state index is 10.3. The molecule has 0 rings (SSSR count). The van der Waals surface area contributed by atoms with Gasteiger partial charge in [0.1, 0.15) is 0 Å². The Morgan fingerprint density at radius 1 is 1.25 bits per heavy atom. The fourth-order valence-electron chi connectivity index (χ4n) is 1.05. The van der Waals surface area contributed by atoms with Gasteiger partial charge in [0, 0.05) is 5.97 Å². The van der Waals surface area contributed by atoms with E-state index in [1.54, 1.807) is 13.0 Å². The van der Waals surface area contributed by atoms with E-state index < -0.39 is 11.9 Å². The second-order valence-corrected chi connectivity index (χ2v) is 3.43. The van der Waals surface area contributed by atoms with E-state index in [9.17, 15) is 19.8 Å². The molecule has 16 heavy (non-hydrogen) atoms. The molecule has 0 aliphatic rings. The van der Waals surface area contributed by atoms with Crippen LogP contribution in [0, 0.1) is 5.92 Å². The zero-order valence-corrected chi connectivity index (χ0v) is 14.4. The molecule has 6 heteroatoms. The van der Waals surface area contributed by atoms with Crippen molar-refractivity contribution in [1.29, 1.82) is 0 Å². The third-order valence-electron chi connectivity index (χ3n) is 1.95. The smallest absolute Gasteiger partial charge is 0.550 e. The number of hydrogen-bond acceptors (Lipinski definition) is 4. The van der Waals surface area contributed by atoms with Gasteiger partial charge in [-0.05, 0) is 37.7 Å². The van der Waals surface area contributed by atoms with Gasteiger partial charge in [-0.2, -0.15) is 0 Å². The summed E-state index contributed by atoms with van der Waals surface area (Å²) >= 11 is 0. The molecule has 1 atom stereocenters. The van der Waals surface area contributed by atoms with E-state index in [1.165, 1.54) is 6.92 Å². The average molecular weight is 244 g/mol. The number of carboxylic acids is 2. The molecule has 0 aromatic carbocycles. The molecule has 0 saturated carbocycles. The fourth-order valence-corrected chi connectivity index (χ4v) is 1.05. The van der Waals surface area contributed by atoms with Crippen LogP contribution in [0.5, 0.6) is 0 Å². The van der Waals surface area contributed by atoms with Gasteiger partial charge in [-0.3, -0.25) is 0 Å². The number of aliphatic carboxylic acids is 2. The predicted molar refractivity (Wildman–Crippen MR) is 46.8 cm³/mol. The van der Waals surface area contributed by atoms with Crippen molar-refractivity contribution in [3.8, 4) is 0 Å². The zero-order chi connectivity index (χ0) is 11.1. The first kappa shape index (κ1) is 21.9. The number of allylic oxidation sites excluding steroid dienone is 1. The molecule has 0 aliphatic heterocycles. The maximum absolute atomic E-state index is 10.3. The van der Waals surface area contributed by atoms with Crippen LogP contribution < -0.4 is 69.3 Å². The third kappa shape index (κ3) is 12.7. The van der Waals surface area contributed by atoms with Crippen molar-refractivity contribution < 1.29 is 78.9 Å². The van der Waals surface area contributed by atoms with Gasteiger partial charge < -0.3 is 19.8 Å². The summed E-state index contributed by atoms with van der Waals surface area (Å²) < 4.78 is 0. The molecule has 0 radical (unpaired) electrons. The van der Waals surface area contributed by atoms with E-state index in [-0.39, 0.29) is 77.0 Å². The monoisotopic (exact) mass is 244 g/mol. The van der Waals surface area contributed by atoms with E-state index in [0.717, 1.165) is 0 Å². The van der Waals surface area contributed by atoms with Gasteiger partial charge >= 0.3 is 59.1 Å². The zero-order valence-electron chi connectivity index (χ0n) is 10.4. The van der Waals surface area contributed by atoms with Crippen molar-refractivity contribution in [3.63, 3.8) is 0 Å². The van der Waals surface area contributed by atoms with Gasteiger partial charge in [-0.1, -0.05) is 13.0 Å². The maximum Gasteiger partial charge on any atom is 1.00 e. The molecule has 80 valence electrons. The van der Waals surface area contributed by atoms with Crippen LogP contribution in [0.2, 0.25) is 0 Å². The van der Waals surface area contributed by atoms with E-state index >= 15 is 0 Å². The Labute approximate surface area is 140 Å². The molecule has 0 aromatic heterocycles. The summed E-state index contributed by atoms with van der Waals surface area (Å²) in [6.07, 6.45) is 2.74. The molecule has 0 bridgehead atoms. The van der Waals surface area contributed by atoms with Gasteiger partial charge in [0.05, 0.1) is 5.97 Å². The van der Waals surface area contributed by atoms with Crippen molar-refractivity contribution in [1.82, 2.24) is 0 Å². The minimum absolute atomic E-state index is 0. The summed E-state index contributed by atoms with van der Waals surface area (Å²) in [7, 11) is 0. The van der Waals surface area contributed by atoms with Crippen molar-refractivity contribution in [2.75, 3.05) is 0 Å². The van der Waals surface area contributed by atoms with Crippen LogP contribution in [0.1, 0.15) is 33.1 Å². The first-order chi connectivity index (χ1) is 6.43. The van der Waals surface area contributed by atoms with Crippen molar-refractivity contribution in [2.24, 2.45) is 5.92 Å². The average Bonchev–Trinajstić information content (AvgIpc) is 2.02. The standard InChI is InChI=1S/C10H16O4.2Na/c1-7(6-9(11)12)4-3-5-8(2)10(13)14;;/h5,7H,3-4,6H2,1-2H3,(H,11,12)(H,13,14);;/q;2*+1/p-2/b8-5+;;/t7-;;/m1../s1. The summed E-state index contributed by atoms with van der Waals surface area (Å²) in [5.41, 5.74) is 0.186. The Balaban J connectivity index is -0.000000845. The Morgan fingerprint density at radius 2 is 1.75 bits per heavy atom. The molecule has 0 aromatic rings. The fraction of sp³-hybridized carbons (Fsp3) is 0.600. The van der Waals surface area contributed by atoms with Gasteiger partial charge in [0.15, 0.2) is 0 Å². The normalized spacial score (nSPS) is 12.0. The number of carbonyl (C=O) groups excluding carboxylic acids is 2. The summed E-state index contributed by atoms with van der Waals surface area (Å²) in [5.74, 6) is -2.25. The Bertz CT molecular complexity index is 251. The topological polar surface area (TPSA) is 80.3 Å². The molecule has 0 amide bonds. The van der Waals surface area contributed by atoms with Gasteiger partial charge in [-0.25, -0.2) is 0 Å². The van der Waals surface area contributed by atoms with Crippen molar-refractivity contribution in [3.05, 3.63) is 11.6 Å². The van der Waals surface area contributed by atoms with Gasteiger partial charge in [0.25, 0.3) is 0 Å². The largest absolute Gasteiger partial charge is 1.00 e. The number of rotatable bonds is 6. The molecule has 0 spiro atoms. The molecular formula is C10H14Na2O4. The Hall–Kier alpha value is 0.680. The quantitative estimate of drug-likeness (QED) is 0.343. The molecule has 0 aliphatic carbocycles. The molecule has 0 N–H and O–H groups in total. The molecule has 0 fully saturated rings. The Morgan fingerprint density at radius 3 is 2.12 bits per heavy atom. The van der Waals surface area contributed by atoms with Crippen LogP contribution in [0.15, 0.2) is 11.6 Å². The summed E-state index contributed by atoms with van der Waals surface area (Å²) in [5, 5.41) is 20.5. The molecule has 0 heterocycles. The van der Waals surface area contributed by atoms with E-state index in [4.69, 9.17) is 0 Å². The van der Waals surface area contributed by atoms with Gasteiger partial charge in [-0.15, -0.1) is 0 Å². The van der Waals surface area contributed by atoms with Gasteiger partial charge in [0.2, 0.25) is 0 Å². The van der Waals surface area contributed by atoms with Crippen LogP contribution in [0.25, 0.3) is 0 Å². The van der Waals surface area contributed by atoms with Crippen LogP contribution in [-0.2, 0) is 9.59 Å². The number of hydrogen-bond donors (Lipinski definition) is 0. The first-order valence-electron chi connectivity index (χ1n) is 4.51. The van der Waals surface area contributed by atoms with Crippen molar-refractivity contribution in [2.45, 2.75) is 33.1 Å². The van der Waals surface area contributed by atoms with Crippen LogP contribution >= 0.6 is 0 Å². The number of carboxylic acid groups (broad SMARTS) is 2. The third-order valence-corrected chi connectivity index (χ3v) is 1.95. The summed E-state index contributed by atoms with van der Waals surface area (Å²) in [6, 6.07) is 0. The second kappa shape index (κ2) is 12.1. The Kier molecular flexibility index (Phi) is 16.6. The SMILES string of the molecule is C/C(=C\CC[C@@H](C)CC(=O)[O-])C(=O)[O-].[Na+].[Na+]. The van der Waals surface area contributed by atoms with E-state index in [2.05, 4.69) is 0 Å². The molecule has 0 saturated heterocycles. The molecule has 0 unspecified atom stereocenters. The first-order valence-corrected chi connectivity index (χ1v) is 4.51. The minimum Gasteiger partial charge on any atom is -0.550 e. The van der Waals surface area contributed by atoms with Crippen LogP contribution in [0.4, 0.5) is 0 Å². The van der Waals surface area contributed by atoms with E-state index in [1.807, 2.05) is 0 Å². The summed E-state index contributed by atoms with van der Waals surface area (Å²) in [4.78, 5) is 20.5. The number of carbonyl (C=O) groups is 2. The summed E-state index contributed by atoms with van der Waals surface area (Å²) in [6.45, 7) is 3.25. The predicted octanol–water partition coefficient (Wildman–Crippen LogP) is -6.75. The molecular weight excluding hydrogens is 230 g/mol. The van der Waals surface area contributed by atoms with Crippen LogP contribution in [-0.4, -0.2) is 11.9 Å². The van der Waals surface area contributed by atoms with Crippen LogP contribution in [0.3, 0.4) is 0 Å². The van der Waals surface area contributed by atoms with E-state index in [0.29, 0.717) is 12.8 Å². The molecule has 4 nitrogen and oxygen atoms in total. The second-order valence-electron chi connectivity index (χ2n) is 3.43.